The number of hydrogen-bond acceptors (Lipinski definition) is 1. The summed E-state index contributed by atoms with van der Waals surface area (Å²) in [5, 5.41) is 0. The minimum Gasteiger partial charge on any atom is -0.330 e. The molecule has 1 nitrogen and oxygen atoms in total. The predicted octanol–water partition coefficient (Wildman–Crippen LogP) is 3.53. The van der Waals surface area contributed by atoms with Crippen LogP contribution in [0.4, 0.5) is 0 Å². The maximum atomic E-state index is 5.99. The van der Waals surface area contributed by atoms with E-state index in [-0.39, 0.29) is 0 Å². The summed E-state index contributed by atoms with van der Waals surface area (Å²) in [5.74, 6) is 1.94. The van der Waals surface area contributed by atoms with Gasteiger partial charge in [0.1, 0.15) is 0 Å². The first-order valence-electron chi connectivity index (χ1n) is 6.70. The van der Waals surface area contributed by atoms with E-state index in [1.807, 2.05) is 0 Å². The summed E-state index contributed by atoms with van der Waals surface area (Å²) >= 11 is 0. The van der Waals surface area contributed by atoms with Crippen LogP contribution in [0.5, 0.6) is 0 Å². The Morgan fingerprint density at radius 1 is 0.944 bits per heavy atom. The molecule has 3 rings (SSSR count). The van der Waals surface area contributed by atoms with Crippen molar-refractivity contribution in [2.75, 3.05) is 6.54 Å². The molecule has 18 heavy (non-hydrogen) atoms. The summed E-state index contributed by atoms with van der Waals surface area (Å²) in [5.41, 5.74) is 8.85. The maximum Gasteiger partial charge on any atom is -0.000449 e. The van der Waals surface area contributed by atoms with Crippen molar-refractivity contribution in [3.8, 4) is 0 Å². The molecule has 0 radical (unpaired) electrons. The van der Waals surface area contributed by atoms with Crippen LogP contribution in [0.25, 0.3) is 0 Å². The number of rotatable bonds is 4. The van der Waals surface area contributed by atoms with Crippen molar-refractivity contribution in [3.63, 3.8) is 0 Å². The van der Waals surface area contributed by atoms with E-state index in [2.05, 4.69) is 60.7 Å². The molecular formula is C17H19N. The summed E-state index contributed by atoms with van der Waals surface area (Å²) in [6.45, 7) is 0.748. The van der Waals surface area contributed by atoms with E-state index < -0.39 is 0 Å². The molecule has 1 saturated carbocycles. The number of nitrogens with two attached hydrogens (primary N) is 1. The normalized spacial score (nSPS) is 23.6. The predicted molar refractivity (Wildman–Crippen MR) is 75.5 cm³/mol. The summed E-state index contributed by atoms with van der Waals surface area (Å²) in [6, 6.07) is 21.5. The van der Waals surface area contributed by atoms with Crippen LogP contribution in [0.2, 0.25) is 0 Å². The zero-order valence-electron chi connectivity index (χ0n) is 10.5. The average molecular weight is 237 g/mol. The molecule has 1 heteroatoms. The quantitative estimate of drug-likeness (QED) is 0.865. The first-order valence-corrected chi connectivity index (χ1v) is 6.70. The van der Waals surface area contributed by atoms with Gasteiger partial charge >= 0.3 is 0 Å². The second-order valence-electron chi connectivity index (χ2n) is 5.17. The molecule has 1 aliphatic carbocycles. The topological polar surface area (TPSA) is 26.0 Å². The molecular weight excluding hydrogens is 218 g/mol. The molecule has 0 aliphatic heterocycles. The molecule has 1 fully saturated rings. The fourth-order valence-corrected chi connectivity index (χ4v) is 3.00. The Morgan fingerprint density at radius 2 is 1.56 bits per heavy atom. The van der Waals surface area contributed by atoms with Crippen molar-refractivity contribution in [1.82, 2.24) is 0 Å². The zero-order valence-corrected chi connectivity index (χ0v) is 10.5. The van der Waals surface area contributed by atoms with Gasteiger partial charge in [-0.15, -0.1) is 0 Å². The van der Waals surface area contributed by atoms with Gasteiger partial charge in [-0.1, -0.05) is 60.7 Å². The number of benzene rings is 2. The molecule has 3 atom stereocenters. The van der Waals surface area contributed by atoms with Crippen LogP contribution in [-0.2, 0) is 0 Å². The van der Waals surface area contributed by atoms with Gasteiger partial charge in [0.15, 0.2) is 0 Å². The van der Waals surface area contributed by atoms with Gasteiger partial charge in [-0.25, -0.2) is 0 Å². The van der Waals surface area contributed by atoms with E-state index in [1.165, 1.54) is 17.5 Å². The van der Waals surface area contributed by atoms with E-state index in [4.69, 9.17) is 5.73 Å². The third-order valence-corrected chi connectivity index (χ3v) is 4.07. The van der Waals surface area contributed by atoms with Crippen LogP contribution >= 0.6 is 0 Å². The van der Waals surface area contributed by atoms with Crippen molar-refractivity contribution in [3.05, 3.63) is 71.8 Å². The molecule has 92 valence electrons. The Balaban J connectivity index is 1.77. The Hall–Kier alpha value is -1.60. The highest BCUT2D eigenvalue weighted by Crippen LogP contribution is 2.54. The fourth-order valence-electron chi connectivity index (χ4n) is 3.00. The van der Waals surface area contributed by atoms with Gasteiger partial charge in [0.2, 0.25) is 0 Å². The lowest BCUT2D eigenvalue weighted by Gasteiger charge is -2.15. The average Bonchev–Trinajstić information content (AvgIpc) is 3.22. The largest absolute Gasteiger partial charge is 0.330 e. The van der Waals surface area contributed by atoms with Crippen molar-refractivity contribution in [2.45, 2.75) is 18.3 Å². The summed E-state index contributed by atoms with van der Waals surface area (Å²) in [7, 11) is 0. The Kier molecular flexibility index (Phi) is 3.16. The van der Waals surface area contributed by atoms with E-state index >= 15 is 0 Å². The summed E-state index contributed by atoms with van der Waals surface area (Å²) in [6.07, 6.45) is 1.28. The van der Waals surface area contributed by atoms with Gasteiger partial charge in [-0.2, -0.15) is 0 Å². The molecule has 3 unspecified atom stereocenters. The molecule has 1 aliphatic rings. The van der Waals surface area contributed by atoms with Crippen molar-refractivity contribution >= 4 is 0 Å². The molecule has 0 amide bonds. The second kappa shape index (κ2) is 4.95. The van der Waals surface area contributed by atoms with Crippen LogP contribution in [0.3, 0.4) is 0 Å². The standard InChI is InChI=1S/C17H19N/c18-12-17(14-9-5-2-6-10-14)16-11-15(16)13-7-3-1-4-8-13/h1-10,15-17H,11-12,18H2. The van der Waals surface area contributed by atoms with E-state index in [1.54, 1.807) is 0 Å². The highest BCUT2D eigenvalue weighted by Gasteiger charge is 2.43. The third kappa shape index (κ3) is 2.19. The van der Waals surface area contributed by atoms with E-state index in [9.17, 15) is 0 Å². The Bertz CT molecular complexity index is 492. The first kappa shape index (κ1) is 11.5. The van der Waals surface area contributed by atoms with Crippen molar-refractivity contribution in [1.29, 1.82) is 0 Å². The Morgan fingerprint density at radius 3 is 2.17 bits per heavy atom. The van der Waals surface area contributed by atoms with Crippen LogP contribution < -0.4 is 5.73 Å². The molecule has 0 bridgehead atoms. The van der Waals surface area contributed by atoms with Crippen molar-refractivity contribution < 1.29 is 0 Å². The lowest BCUT2D eigenvalue weighted by Crippen LogP contribution is -2.15. The monoisotopic (exact) mass is 237 g/mol. The molecule has 0 saturated heterocycles. The van der Waals surface area contributed by atoms with Gasteiger partial charge < -0.3 is 5.73 Å². The van der Waals surface area contributed by atoms with Crippen LogP contribution in [0, 0.1) is 5.92 Å². The maximum absolute atomic E-state index is 5.99. The van der Waals surface area contributed by atoms with Gasteiger partial charge in [0.25, 0.3) is 0 Å². The molecule has 0 spiro atoms. The second-order valence-corrected chi connectivity index (χ2v) is 5.17. The highest BCUT2D eigenvalue weighted by molar-refractivity contribution is 5.31. The zero-order chi connectivity index (χ0) is 12.4. The van der Waals surface area contributed by atoms with Gasteiger partial charge in [-0.3, -0.25) is 0 Å². The molecule has 2 N–H and O–H groups in total. The lowest BCUT2D eigenvalue weighted by molar-refractivity contribution is 0.600. The van der Waals surface area contributed by atoms with Crippen LogP contribution in [0.15, 0.2) is 60.7 Å². The minimum atomic E-state index is 0.511. The van der Waals surface area contributed by atoms with Gasteiger partial charge in [-0.05, 0) is 41.8 Å². The SMILES string of the molecule is NCC(c1ccccc1)C1CC1c1ccccc1. The lowest BCUT2D eigenvalue weighted by atomic mass is 9.92. The fraction of sp³-hybridized carbons (Fsp3) is 0.294. The van der Waals surface area contributed by atoms with E-state index in [0.29, 0.717) is 11.8 Å². The third-order valence-electron chi connectivity index (χ3n) is 4.07. The molecule has 2 aromatic carbocycles. The number of hydrogen-bond donors (Lipinski definition) is 1. The summed E-state index contributed by atoms with van der Waals surface area (Å²) < 4.78 is 0. The van der Waals surface area contributed by atoms with Crippen LogP contribution in [0.1, 0.15) is 29.4 Å². The van der Waals surface area contributed by atoms with E-state index in [0.717, 1.165) is 12.5 Å². The molecule has 0 heterocycles. The highest BCUT2D eigenvalue weighted by atomic mass is 14.6. The van der Waals surface area contributed by atoms with Crippen molar-refractivity contribution in [2.24, 2.45) is 11.7 Å². The molecule has 0 aromatic heterocycles. The first-order chi connectivity index (χ1) is 8.90. The Labute approximate surface area is 109 Å². The molecule has 2 aromatic rings. The summed E-state index contributed by atoms with van der Waals surface area (Å²) in [4.78, 5) is 0. The smallest absolute Gasteiger partial charge is 0.000449 e. The van der Waals surface area contributed by atoms with Gasteiger partial charge in [0.05, 0.1) is 0 Å². The minimum absolute atomic E-state index is 0.511. The van der Waals surface area contributed by atoms with Gasteiger partial charge in [0, 0.05) is 0 Å². The van der Waals surface area contributed by atoms with Crippen LogP contribution in [-0.4, -0.2) is 6.54 Å².